The minimum Gasteiger partial charge on any atom is -0.380 e. The van der Waals surface area contributed by atoms with E-state index in [-0.39, 0.29) is 6.04 Å². The van der Waals surface area contributed by atoms with Crippen molar-refractivity contribution in [1.29, 1.82) is 0 Å². The first-order valence-corrected chi connectivity index (χ1v) is 7.62. The third kappa shape index (κ3) is 1.51. The van der Waals surface area contributed by atoms with Gasteiger partial charge in [-0.15, -0.1) is 11.3 Å². The monoisotopic (exact) mass is 281 g/mol. The Bertz CT molecular complexity index is 794. The van der Waals surface area contributed by atoms with Crippen molar-refractivity contribution >= 4 is 21.4 Å². The van der Waals surface area contributed by atoms with Crippen molar-refractivity contribution < 1.29 is 5.11 Å². The lowest BCUT2D eigenvalue weighted by atomic mass is 9.87. The van der Waals surface area contributed by atoms with Crippen LogP contribution in [0.2, 0.25) is 0 Å². The number of hydrogen-bond donors (Lipinski definition) is 2. The van der Waals surface area contributed by atoms with Gasteiger partial charge in [-0.1, -0.05) is 42.5 Å². The predicted molar refractivity (Wildman–Crippen MR) is 82.8 cm³/mol. The summed E-state index contributed by atoms with van der Waals surface area (Å²) in [5.41, 5.74) is 8.24. The van der Waals surface area contributed by atoms with Crippen LogP contribution in [0.4, 0.5) is 0 Å². The summed E-state index contributed by atoms with van der Waals surface area (Å²) in [6.07, 6.45) is 0.545. The van der Waals surface area contributed by atoms with Crippen molar-refractivity contribution in [2.24, 2.45) is 5.73 Å². The number of thiophene rings is 1. The van der Waals surface area contributed by atoms with Crippen LogP contribution in [-0.4, -0.2) is 5.11 Å². The Labute approximate surface area is 121 Å². The van der Waals surface area contributed by atoms with Crippen LogP contribution in [-0.2, 0) is 5.60 Å². The zero-order valence-corrected chi connectivity index (χ0v) is 11.7. The lowest BCUT2D eigenvalue weighted by Gasteiger charge is -2.25. The molecule has 0 saturated carbocycles. The van der Waals surface area contributed by atoms with Crippen LogP contribution in [0.1, 0.15) is 29.2 Å². The minimum atomic E-state index is -0.972. The average molecular weight is 281 g/mol. The van der Waals surface area contributed by atoms with E-state index in [1.165, 1.54) is 5.39 Å². The highest BCUT2D eigenvalue weighted by Crippen LogP contribution is 2.48. The van der Waals surface area contributed by atoms with Crippen LogP contribution < -0.4 is 5.73 Å². The number of benzene rings is 2. The van der Waals surface area contributed by atoms with Gasteiger partial charge in [0.2, 0.25) is 0 Å². The zero-order valence-electron chi connectivity index (χ0n) is 10.9. The topological polar surface area (TPSA) is 46.2 Å². The van der Waals surface area contributed by atoms with Crippen molar-refractivity contribution in [1.82, 2.24) is 0 Å². The number of fused-ring (bicyclic) bond motifs is 2. The Morgan fingerprint density at radius 1 is 1.05 bits per heavy atom. The van der Waals surface area contributed by atoms with E-state index in [1.54, 1.807) is 11.3 Å². The first-order valence-electron chi connectivity index (χ1n) is 6.74. The maximum atomic E-state index is 11.3. The summed E-state index contributed by atoms with van der Waals surface area (Å²) in [5.74, 6) is 0. The summed E-state index contributed by atoms with van der Waals surface area (Å²) in [6.45, 7) is 0. The van der Waals surface area contributed by atoms with Crippen LogP contribution in [0.25, 0.3) is 10.1 Å². The van der Waals surface area contributed by atoms with E-state index in [2.05, 4.69) is 17.5 Å². The lowest BCUT2D eigenvalue weighted by Crippen LogP contribution is -2.25. The van der Waals surface area contributed by atoms with Gasteiger partial charge in [-0.2, -0.15) is 0 Å². The number of nitrogens with two attached hydrogens (primary N) is 1. The molecule has 1 aliphatic rings. The van der Waals surface area contributed by atoms with E-state index in [0.29, 0.717) is 6.42 Å². The molecule has 2 aromatic carbocycles. The Balaban J connectivity index is 2.01. The van der Waals surface area contributed by atoms with E-state index in [0.717, 1.165) is 21.4 Å². The van der Waals surface area contributed by atoms with Gasteiger partial charge in [0.05, 0.1) is 0 Å². The van der Waals surface area contributed by atoms with Crippen LogP contribution in [0.15, 0.2) is 53.9 Å². The predicted octanol–water partition coefficient (Wildman–Crippen LogP) is 3.54. The molecule has 2 unspecified atom stereocenters. The molecule has 0 saturated heterocycles. The van der Waals surface area contributed by atoms with Gasteiger partial charge < -0.3 is 10.8 Å². The highest BCUT2D eigenvalue weighted by Gasteiger charge is 2.43. The van der Waals surface area contributed by atoms with Gasteiger partial charge in [0.15, 0.2) is 0 Å². The highest BCUT2D eigenvalue weighted by molar-refractivity contribution is 7.17. The average Bonchev–Trinajstić information content (AvgIpc) is 3.03. The molecule has 0 amide bonds. The Hall–Kier alpha value is -1.68. The molecule has 4 rings (SSSR count). The molecule has 0 fully saturated rings. The van der Waals surface area contributed by atoms with Crippen LogP contribution in [0.3, 0.4) is 0 Å². The van der Waals surface area contributed by atoms with Crippen molar-refractivity contribution in [2.45, 2.75) is 18.1 Å². The molecule has 0 spiro atoms. The molecule has 2 nitrogen and oxygen atoms in total. The first kappa shape index (κ1) is 12.1. The largest absolute Gasteiger partial charge is 0.380 e. The van der Waals surface area contributed by atoms with Gasteiger partial charge in [-0.25, -0.2) is 0 Å². The molecule has 1 aromatic heterocycles. The third-order valence-corrected chi connectivity index (χ3v) is 5.21. The van der Waals surface area contributed by atoms with E-state index in [1.807, 2.05) is 36.4 Å². The fraction of sp³-hybridized carbons (Fsp3) is 0.176. The fourth-order valence-electron chi connectivity index (χ4n) is 3.31. The molecule has 0 radical (unpaired) electrons. The maximum absolute atomic E-state index is 11.3. The molecule has 1 aliphatic carbocycles. The van der Waals surface area contributed by atoms with Gasteiger partial charge in [-0.05, 0) is 28.0 Å². The van der Waals surface area contributed by atoms with E-state index >= 15 is 0 Å². The van der Waals surface area contributed by atoms with Crippen LogP contribution >= 0.6 is 11.3 Å². The van der Waals surface area contributed by atoms with E-state index < -0.39 is 5.60 Å². The van der Waals surface area contributed by atoms with Gasteiger partial charge >= 0.3 is 0 Å². The lowest BCUT2D eigenvalue weighted by molar-refractivity contribution is 0.0793. The second-order valence-electron chi connectivity index (χ2n) is 5.40. The summed E-state index contributed by atoms with van der Waals surface area (Å²) < 4.78 is 1.15. The maximum Gasteiger partial charge on any atom is 0.118 e. The molecule has 1 heterocycles. The van der Waals surface area contributed by atoms with Gasteiger partial charge in [0.1, 0.15) is 5.60 Å². The summed E-state index contributed by atoms with van der Waals surface area (Å²) in [5, 5.41) is 14.6. The second kappa shape index (κ2) is 4.16. The summed E-state index contributed by atoms with van der Waals surface area (Å²) in [4.78, 5) is 0. The smallest absolute Gasteiger partial charge is 0.118 e. The molecule has 0 aliphatic heterocycles. The Morgan fingerprint density at radius 2 is 1.85 bits per heavy atom. The molecule has 3 N–H and O–H groups in total. The van der Waals surface area contributed by atoms with Crippen molar-refractivity contribution in [2.75, 3.05) is 0 Å². The zero-order chi connectivity index (χ0) is 13.7. The molecule has 100 valence electrons. The Morgan fingerprint density at radius 3 is 2.75 bits per heavy atom. The molecule has 20 heavy (non-hydrogen) atoms. The van der Waals surface area contributed by atoms with E-state index in [4.69, 9.17) is 5.73 Å². The van der Waals surface area contributed by atoms with Gasteiger partial charge in [-0.3, -0.25) is 0 Å². The molecule has 2 atom stereocenters. The van der Waals surface area contributed by atoms with Crippen molar-refractivity contribution in [3.63, 3.8) is 0 Å². The van der Waals surface area contributed by atoms with Gasteiger partial charge in [0.25, 0.3) is 0 Å². The molecule has 0 bridgehead atoms. The summed E-state index contributed by atoms with van der Waals surface area (Å²) in [6, 6.07) is 16.1. The number of hydrogen-bond acceptors (Lipinski definition) is 3. The second-order valence-corrected chi connectivity index (χ2v) is 6.32. The Kier molecular flexibility index (Phi) is 2.51. The normalized spacial score (nSPS) is 25.0. The van der Waals surface area contributed by atoms with E-state index in [9.17, 15) is 5.11 Å². The number of aliphatic hydroxyl groups is 1. The molecule has 3 aromatic rings. The fourth-order valence-corrected chi connectivity index (χ4v) is 4.30. The van der Waals surface area contributed by atoms with Crippen LogP contribution in [0.5, 0.6) is 0 Å². The summed E-state index contributed by atoms with van der Waals surface area (Å²) >= 11 is 1.67. The molecular formula is C17H15NOS. The van der Waals surface area contributed by atoms with Crippen molar-refractivity contribution in [3.05, 3.63) is 70.6 Å². The van der Waals surface area contributed by atoms with Gasteiger partial charge in [0, 0.05) is 22.7 Å². The SMILES string of the molecule is NC1CC(O)(c2cccc3ccsc23)c2ccccc21. The van der Waals surface area contributed by atoms with Crippen molar-refractivity contribution in [3.8, 4) is 0 Å². The molecule has 3 heteroatoms. The summed E-state index contributed by atoms with van der Waals surface area (Å²) in [7, 11) is 0. The molecular weight excluding hydrogens is 266 g/mol. The quantitative estimate of drug-likeness (QED) is 0.716. The highest BCUT2D eigenvalue weighted by atomic mass is 32.1. The standard InChI is InChI=1S/C17H15NOS/c18-15-10-17(19,13-6-2-1-5-12(13)15)14-7-3-4-11-8-9-20-16(11)14/h1-9,15,19H,10,18H2. The first-order chi connectivity index (χ1) is 9.70. The van der Waals surface area contributed by atoms with Crippen LogP contribution in [0, 0.1) is 0 Å². The number of rotatable bonds is 1. The third-order valence-electron chi connectivity index (χ3n) is 4.25. The minimum absolute atomic E-state index is 0.105.